The first-order valence-corrected chi connectivity index (χ1v) is 12.3. The van der Waals surface area contributed by atoms with Gasteiger partial charge in [0.1, 0.15) is 0 Å². The topological polar surface area (TPSA) is 47.6 Å². The average Bonchev–Trinajstić information content (AvgIpc) is 2.88. The molecule has 0 heterocycles. The molecule has 3 aromatic carbocycles. The highest BCUT2D eigenvalue weighted by molar-refractivity contribution is 6.00. The van der Waals surface area contributed by atoms with Gasteiger partial charge in [0.15, 0.2) is 0 Å². The molecule has 2 nitrogen and oxygen atoms in total. The molecule has 0 saturated heterocycles. The molecule has 0 aliphatic heterocycles. The molecule has 0 bridgehead atoms. The van der Waals surface area contributed by atoms with Crippen LogP contribution in [0.15, 0.2) is 85.5 Å². The number of benzene rings is 3. The molecule has 0 fully saturated rings. The largest absolute Gasteiger partial charge is 0.305 e. The summed E-state index contributed by atoms with van der Waals surface area (Å²) in [4.78, 5) is 0. The van der Waals surface area contributed by atoms with Crippen molar-refractivity contribution in [1.82, 2.24) is 0 Å². The van der Waals surface area contributed by atoms with Gasteiger partial charge in [-0.05, 0) is 70.7 Å². The number of aryl methyl sites for hydroxylation is 1. The van der Waals surface area contributed by atoms with Crippen molar-refractivity contribution < 1.29 is 0 Å². The van der Waals surface area contributed by atoms with Crippen LogP contribution in [0, 0.1) is 22.7 Å². The fourth-order valence-electron chi connectivity index (χ4n) is 3.78. The normalized spacial score (nSPS) is 12.0. The molecule has 0 amide bonds. The molecular weight excluding hydrogens is 412 g/mol. The third kappa shape index (κ3) is 7.85. The van der Waals surface area contributed by atoms with Crippen LogP contribution in [0.4, 0.5) is 0 Å². The van der Waals surface area contributed by atoms with Crippen LogP contribution in [0.5, 0.6) is 0 Å². The average molecular weight is 451 g/mol. The molecule has 0 aliphatic rings. The van der Waals surface area contributed by atoms with E-state index < -0.39 is 0 Å². The van der Waals surface area contributed by atoms with Crippen LogP contribution in [0.1, 0.15) is 75.1 Å². The van der Waals surface area contributed by atoms with Gasteiger partial charge in [-0.2, -0.15) is 5.26 Å². The predicted octanol–water partition coefficient (Wildman–Crippen LogP) is 8.96. The van der Waals surface area contributed by atoms with E-state index in [0.717, 1.165) is 29.5 Å². The van der Waals surface area contributed by atoms with Crippen LogP contribution >= 0.6 is 0 Å². The Morgan fingerprint density at radius 3 is 2.26 bits per heavy atom. The monoisotopic (exact) mass is 450 g/mol. The number of hydrogen-bond donors (Lipinski definition) is 1. The number of rotatable bonds is 9. The van der Waals surface area contributed by atoms with Crippen molar-refractivity contribution in [2.45, 2.75) is 59.3 Å². The highest BCUT2D eigenvalue weighted by atomic mass is 14.4. The van der Waals surface area contributed by atoms with Crippen molar-refractivity contribution in [3.8, 4) is 17.2 Å². The number of nitriles is 1. The molecule has 0 aromatic heterocycles. The van der Waals surface area contributed by atoms with Gasteiger partial charge in [-0.3, -0.25) is 0 Å². The van der Waals surface area contributed by atoms with E-state index in [1.807, 2.05) is 48.5 Å². The molecule has 0 spiro atoms. The highest BCUT2D eigenvalue weighted by Gasteiger charge is 2.13. The van der Waals surface area contributed by atoms with E-state index in [0.29, 0.717) is 29.5 Å². The van der Waals surface area contributed by atoms with E-state index in [4.69, 9.17) is 5.41 Å². The van der Waals surface area contributed by atoms with Gasteiger partial charge < -0.3 is 5.41 Å². The summed E-state index contributed by atoms with van der Waals surface area (Å²) in [6.07, 6.45) is 5.90. The van der Waals surface area contributed by atoms with Crippen molar-refractivity contribution in [2.75, 3.05) is 0 Å². The van der Waals surface area contributed by atoms with Gasteiger partial charge in [-0.15, -0.1) is 6.58 Å². The Hall–Kier alpha value is -3.44. The minimum atomic E-state index is 0.290. The predicted molar refractivity (Wildman–Crippen MR) is 147 cm³/mol. The first-order valence-electron chi connectivity index (χ1n) is 12.3. The van der Waals surface area contributed by atoms with Crippen molar-refractivity contribution in [1.29, 1.82) is 10.7 Å². The molecule has 2 heteroatoms. The highest BCUT2D eigenvalue weighted by Crippen LogP contribution is 2.28. The minimum Gasteiger partial charge on any atom is -0.305 e. The maximum absolute atomic E-state index is 9.48. The van der Waals surface area contributed by atoms with E-state index in [-0.39, 0.29) is 0 Å². The second kappa shape index (κ2) is 14.0. The summed E-state index contributed by atoms with van der Waals surface area (Å²) in [5, 5.41) is 18.2. The number of hydrogen-bond acceptors (Lipinski definition) is 2. The minimum absolute atomic E-state index is 0.290. The molecule has 0 aliphatic carbocycles. The smallest absolute Gasteiger partial charge is 0.0998 e. The van der Waals surface area contributed by atoms with Crippen LogP contribution in [0.3, 0.4) is 0 Å². The summed E-state index contributed by atoms with van der Waals surface area (Å²) in [6.45, 7) is 12.3. The summed E-state index contributed by atoms with van der Waals surface area (Å²) in [5.74, 6) is 0.989. The van der Waals surface area contributed by atoms with Gasteiger partial charge >= 0.3 is 0 Å². The first kappa shape index (κ1) is 26.8. The molecule has 2 unspecified atom stereocenters. The Kier molecular flexibility index (Phi) is 11.0. The summed E-state index contributed by atoms with van der Waals surface area (Å²) >= 11 is 0. The van der Waals surface area contributed by atoms with Gasteiger partial charge in [0, 0.05) is 5.71 Å². The molecule has 0 radical (unpaired) electrons. The fourth-order valence-corrected chi connectivity index (χ4v) is 3.78. The molecule has 2 atom stereocenters. The van der Waals surface area contributed by atoms with Crippen molar-refractivity contribution >= 4 is 5.71 Å². The van der Waals surface area contributed by atoms with E-state index >= 15 is 0 Å². The molecular formula is C32H38N2. The third-order valence-corrected chi connectivity index (χ3v) is 6.16. The fraction of sp³-hybridized carbons (Fsp3) is 0.312. The second-order valence-electron chi connectivity index (χ2n) is 8.94. The maximum atomic E-state index is 9.48. The van der Waals surface area contributed by atoms with Crippen LogP contribution in [0.2, 0.25) is 0 Å². The molecule has 1 N–H and O–H groups in total. The number of allylic oxidation sites excluding steroid dienone is 1. The molecule has 0 saturated carbocycles. The Balaban J connectivity index is 0.000000604. The quantitative estimate of drug-likeness (QED) is 0.257. The molecule has 176 valence electrons. The van der Waals surface area contributed by atoms with Gasteiger partial charge in [-0.25, -0.2) is 0 Å². The summed E-state index contributed by atoms with van der Waals surface area (Å²) in [7, 11) is 0. The van der Waals surface area contributed by atoms with Crippen molar-refractivity contribution in [3.05, 3.63) is 108 Å². The Bertz CT molecular complexity index is 1110. The Morgan fingerprint density at radius 1 is 1.00 bits per heavy atom. The Labute approximate surface area is 206 Å². The zero-order valence-electron chi connectivity index (χ0n) is 21.1. The lowest BCUT2D eigenvalue weighted by atomic mass is 9.89. The van der Waals surface area contributed by atoms with E-state index in [9.17, 15) is 5.26 Å². The van der Waals surface area contributed by atoms with Crippen molar-refractivity contribution in [2.24, 2.45) is 5.92 Å². The van der Waals surface area contributed by atoms with Crippen LogP contribution in [0.25, 0.3) is 11.1 Å². The van der Waals surface area contributed by atoms with E-state index in [1.54, 1.807) is 0 Å². The standard InChI is InChI=1S/C26H26N2.C6H12/c1-3-9-20-15-23(25-13-8-7-12-22(25)18-27)17-24(16-20)26(28)14-19(2)21-10-5-4-6-11-21;1-4-6(3)5-2/h4-8,10-13,15-17,19,28H,3,9,14H2,1-2H3;4,6H,1,5H2,2-3H3. The molecule has 3 rings (SSSR count). The van der Waals surface area contributed by atoms with Crippen molar-refractivity contribution in [3.63, 3.8) is 0 Å². The Morgan fingerprint density at radius 2 is 1.68 bits per heavy atom. The zero-order chi connectivity index (χ0) is 24.9. The van der Waals surface area contributed by atoms with Gasteiger partial charge in [-0.1, -0.05) is 101 Å². The van der Waals surface area contributed by atoms with E-state index in [1.165, 1.54) is 17.5 Å². The lowest BCUT2D eigenvalue weighted by Crippen LogP contribution is -2.06. The lowest BCUT2D eigenvalue weighted by Gasteiger charge is -2.15. The third-order valence-electron chi connectivity index (χ3n) is 6.16. The maximum Gasteiger partial charge on any atom is 0.0998 e. The van der Waals surface area contributed by atoms with Gasteiger partial charge in [0.25, 0.3) is 0 Å². The molecule has 3 aromatic rings. The van der Waals surface area contributed by atoms with E-state index in [2.05, 4.69) is 70.7 Å². The van der Waals surface area contributed by atoms with Gasteiger partial charge in [0.05, 0.1) is 11.6 Å². The molecule has 34 heavy (non-hydrogen) atoms. The second-order valence-corrected chi connectivity index (χ2v) is 8.94. The zero-order valence-corrected chi connectivity index (χ0v) is 21.1. The van der Waals surface area contributed by atoms with Gasteiger partial charge in [0.2, 0.25) is 0 Å². The first-order chi connectivity index (χ1) is 16.4. The summed E-state index contributed by atoms with van der Waals surface area (Å²) in [6, 6.07) is 26.7. The lowest BCUT2D eigenvalue weighted by molar-refractivity contribution is 0.700. The number of nitrogens with one attached hydrogen (secondary N) is 1. The summed E-state index contributed by atoms with van der Waals surface area (Å²) < 4.78 is 0. The van der Waals surface area contributed by atoms with Crippen LogP contribution < -0.4 is 0 Å². The SMILES string of the molecule is C=CC(C)CC.CCCc1cc(C(=N)CC(C)c2ccccc2)cc(-c2ccccc2C#N)c1. The van der Waals surface area contributed by atoms with Crippen LogP contribution in [-0.2, 0) is 6.42 Å². The van der Waals surface area contributed by atoms with Crippen LogP contribution in [-0.4, -0.2) is 5.71 Å². The summed E-state index contributed by atoms with van der Waals surface area (Å²) in [5.41, 5.74) is 6.71. The number of nitrogens with zero attached hydrogens (tertiary/aromatic N) is 1.